The molecule has 1 aromatic heterocycles. The molecule has 0 saturated carbocycles. The molecule has 0 aliphatic carbocycles. The quantitative estimate of drug-likeness (QED) is 0.778. The van der Waals surface area contributed by atoms with E-state index in [4.69, 9.17) is 4.74 Å². The van der Waals surface area contributed by atoms with Crippen molar-refractivity contribution in [3.63, 3.8) is 0 Å². The molecule has 0 amide bonds. The molecule has 124 valence electrons. The minimum atomic E-state index is 0.0783. The van der Waals surface area contributed by atoms with Gasteiger partial charge in [0, 0.05) is 37.6 Å². The Bertz CT molecular complexity index is 476. The molecule has 1 aliphatic rings. The van der Waals surface area contributed by atoms with Gasteiger partial charge in [-0.3, -0.25) is 0 Å². The second-order valence-corrected chi connectivity index (χ2v) is 6.54. The number of allylic oxidation sites excluding steroid dienone is 2. The van der Waals surface area contributed by atoms with E-state index in [9.17, 15) is 0 Å². The summed E-state index contributed by atoms with van der Waals surface area (Å²) in [5, 5.41) is 3.77. The fourth-order valence-electron chi connectivity index (χ4n) is 3.12. The number of aromatic nitrogens is 2. The van der Waals surface area contributed by atoms with Crippen LogP contribution in [0, 0.1) is 0 Å². The number of rotatable bonds is 7. The third kappa shape index (κ3) is 4.68. The highest BCUT2D eigenvalue weighted by Gasteiger charge is 2.31. The number of nitrogens with one attached hydrogen (secondary N) is 1. The molecule has 0 spiro atoms. The van der Waals surface area contributed by atoms with E-state index in [-0.39, 0.29) is 6.10 Å². The van der Waals surface area contributed by atoms with Gasteiger partial charge in [0.15, 0.2) is 0 Å². The second-order valence-electron chi connectivity index (χ2n) is 6.54. The summed E-state index contributed by atoms with van der Waals surface area (Å²) in [6.07, 6.45) is 10.9. The molecule has 1 saturated heterocycles. The third-order valence-corrected chi connectivity index (χ3v) is 4.32. The van der Waals surface area contributed by atoms with Crippen molar-refractivity contribution in [1.82, 2.24) is 14.9 Å². The molecule has 1 fully saturated rings. The Hall–Kier alpha value is -1.13. The van der Waals surface area contributed by atoms with Gasteiger partial charge in [-0.05, 0) is 53.4 Å². The minimum Gasteiger partial charge on any atom is -0.369 e. The normalized spacial score (nSPS) is 23.3. The van der Waals surface area contributed by atoms with E-state index < -0.39 is 0 Å². The van der Waals surface area contributed by atoms with Crippen molar-refractivity contribution in [3.05, 3.63) is 29.9 Å². The van der Waals surface area contributed by atoms with Crippen LogP contribution in [0.25, 0.3) is 0 Å². The second kappa shape index (κ2) is 8.49. The lowest BCUT2D eigenvalue weighted by atomic mass is 9.99. The van der Waals surface area contributed by atoms with E-state index >= 15 is 0 Å². The van der Waals surface area contributed by atoms with Crippen LogP contribution in [0.5, 0.6) is 0 Å². The van der Waals surface area contributed by atoms with E-state index in [2.05, 4.69) is 48.6 Å². The summed E-state index contributed by atoms with van der Waals surface area (Å²) >= 11 is 0. The lowest BCUT2D eigenvalue weighted by Gasteiger charge is -2.34. The van der Waals surface area contributed by atoms with Crippen LogP contribution in [-0.2, 0) is 11.3 Å². The van der Waals surface area contributed by atoms with Crippen LogP contribution >= 0.6 is 0 Å². The van der Waals surface area contributed by atoms with Crippen LogP contribution in [0.15, 0.2) is 24.0 Å². The Labute approximate surface area is 135 Å². The maximum atomic E-state index is 6.06. The number of ether oxygens (including phenoxy) is 1. The molecule has 3 atom stereocenters. The molecule has 0 aromatic carbocycles. The number of imidazole rings is 1. The highest BCUT2D eigenvalue weighted by atomic mass is 16.5. The molecule has 1 aromatic rings. The van der Waals surface area contributed by atoms with E-state index in [0.29, 0.717) is 12.1 Å². The first-order valence-electron chi connectivity index (χ1n) is 8.63. The Morgan fingerprint density at radius 1 is 1.55 bits per heavy atom. The number of nitrogens with zero attached hydrogens (tertiary/aromatic N) is 2. The van der Waals surface area contributed by atoms with Crippen molar-refractivity contribution >= 4 is 0 Å². The largest absolute Gasteiger partial charge is 0.369 e. The van der Waals surface area contributed by atoms with Gasteiger partial charge in [-0.2, -0.15) is 0 Å². The lowest BCUT2D eigenvalue weighted by Crippen LogP contribution is -2.44. The van der Waals surface area contributed by atoms with E-state index in [1.54, 1.807) is 0 Å². The van der Waals surface area contributed by atoms with E-state index in [1.165, 1.54) is 5.57 Å². The molecule has 2 heterocycles. The molecule has 1 N–H and O–H groups in total. The summed E-state index contributed by atoms with van der Waals surface area (Å²) in [7, 11) is 0. The highest BCUT2D eigenvalue weighted by molar-refractivity contribution is 5.03. The van der Waals surface area contributed by atoms with Gasteiger partial charge >= 0.3 is 0 Å². The number of hydrogen-bond donors (Lipinski definition) is 1. The summed E-state index contributed by atoms with van der Waals surface area (Å²) in [6, 6.07) is 0.859. The summed E-state index contributed by atoms with van der Waals surface area (Å²) in [6.45, 7) is 10.5. The van der Waals surface area contributed by atoms with Crippen molar-refractivity contribution in [2.24, 2.45) is 0 Å². The average Bonchev–Trinajstić information content (AvgIpc) is 2.95. The molecular formula is C18H31N3O. The maximum Gasteiger partial charge on any atom is 0.139 e. The van der Waals surface area contributed by atoms with Crippen LogP contribution in [-0.4, -0.2) is 28.2 Å². The zero-order valence-corrected chi connectivity index (χ0v) is 14.5. The van der Waals surface area contributed by atoms with Crippen LogP contribution < -0.4 is 5.32 Å². The lowest BCUT2D eigenvalue weighted by molar-refractivity contribution is -0.0205. The van der Waals surface area contributed by atoms with Gasteiger partial charge in [0.1, 0.15) is 11.9 Å². The first-order valence-corrected chi connectivity index (χ1v) is 8.63. The molecule has 4 heteroatoms. The SMILES string of the molecule is CCn1ccnc1[C@H]1OCCC[C@@H]1NC(C)CCC=C(C)C. The van der Waals surface area contributed by atoms with E-state index in [1.807, 2.05) is 12.4 Å². The minimum absolute atomic E-state index is 0.0783. The third-order valence-electron chi connectivity index (χ3n) is 4.32. The van der Waals surface area contributed by atoms with Gasteiger partial charge in [0.2, 0.25) is 0 Å². The average molecular weight is 305 g/mol. The van der Waals surface area contributed by atoms with Crippen molar-refractivity contribution in [2.45, 2.75) is 78.1 Å². The fourth-order valence-corrected chi connectivity index (χ4v) is 3.12. The van der Waals surface area contributed by atoms with Gasteiger partial charge in [0.25, 0.3) is 0 Å². The summed E-state index contributed by atoms with van der Waals surface area (Å²) in [5.74, 6) is 1.07. The fraction of sp³-hybridized carbons (Fsp3) is 0.722. The topological polar surface area (TPSA) is 39.1 Å². The van der Waals surface area contributed by atoms with Gasteiger partial charge in [-0.15, -0.1) is 0 Å². The first-order chi connectivity index (χ1) is 10.6. The van der Waals surface area contributed by atoms with Crippen molar-refractivity contribution in [1.29, 1.82) is 0 Å². The van der Waals surface area contributed by atoms with Gasteiger partial charge in [-0.1, -0.05) is 11.6 Å². The monoisotopic (exact) mass is 305 g/mol. The Morgan fingerprint density at radius 3 is 3.09 bits per heavy atom. The molecule has 0 bridgehead atoms. The molecule has 1 unspecified atom stereocenters. The van der Waals surface area contributed by atoms with Gasteiger partial charge < -0.3 is 14.6 Å². The van der Waals surface area contributed by atoms with Crippen molar-refractivity contribution in [3.8, 4) is 0 Å². The van der Waals surface area contributed by atoms with E-state index in [0.717, 1.165) is 44.7 Å². The summed E-state index contributed by atoms with van der Waals surface area (Å²) in [4.78, 5) is 4.54. The number of aryl methyl sites for hydroxylation is 1. The number of hydrogen-bond acceptors (Lipinski definition) is 3. The summed E-state index contributed by atoms with van der Waals surface area (Å²) in [5.41, 5.74) is 1.40. The highest BCUT2D eigenvalue weighted by Crippen LogP contribution is 2.28. The van der Waals surface area contributed by atoms with Crippen LogP contribution in [0.4, 0.5) is 0 Å². The van der Waals surface area contributed by atoms with Crippen molar-refractivity contribution < 1.29 is 4.74 Å². The Morgan fingerprint density at radius 2 is 2.36 bits per heavy atom. The zero-order chi connectivity index (χ0) is 15.9. The maximum absolute atomic E-state index is 6.06. The molecule has 1 aliphatic heterocycles. The standard InChI is InChI=1S/C18H31N3O/c1-5-21-12-11-19-18(21)17-16(10-7-13-22-17)20-15(4)9-6-8-14(2)3/h8,11-12,15-17,20H,5-7,9-10,13H2,1-4H3/t15?,16-,17-/m0/s1. The van der Waals surface area contributed by atoms with Gasteiger partial charge in [-0.25, -0.2) is 4.98 Å². The van der Waals surface area contributed by atoms with Crippen LogP contribution in [0.3, 0.4) is 0 Å². The zero-order valence-electron chi connectivity index (χ0n) is 14.5. The van der Waals surface area contributed by atoms with Crippen LogP contribution in [0.1, 0.15) is 65.3 Å². The Balaban J connectivity index is 1.96. The predicted molar refractivity (Wildman–Crippen MR) is 90.9 cm³/mol. The Kier molecular flexibility index (Phi) is 6.65. The van der Waals surface area contributed by atoms with Crippen LogP contribution in [0.2, 0.25) is 0 Å². The molecule has 22 heavy (non-hydrogen) atoms. The summed E-state index contributed by atoms with van der Waals surface area (Å²) < 4.78 is 8.26. The van der Waals surface area contributed by atoms with Gasteiger partial charge in [0.05, 0.1) is 0 Å². The molecule has 4 nitrogen and oxygen atoms in total. The van der Waals surface area contributed by atoms with Crippen molar-refractivity contribution in [2.75, 3.05) is 6.61 Å². The molecule has 0 radical (unpaired) electrons. The molecule has 2 rings (SSSR count). The predicted octanol–water partition coefficient (Wildman–Crippen LogP) is 3.85. The smallest absolute Gasteiger partial charge is 0.139 e. The first kappa shape index (κ1) is 17.2. The molecular weight excluding hydrogens is 274 g/mol.